The van der Waals surface area contributed by atoms with Gasteiger partial charge in [0.25, 0.3) is 0 Å². The summed E-state index contributed by atoms with van der Waals surface area (Å²) in [5, 5.41) is 18.6. The van der Waals surface area contributed by atoms with E-state index in [1.165, 1.54) is 17.7 Å². The highest BCUT2D eigenvalue weighted by Gasteiger charge is 2.24. The van der Waals surface area contributed by atoms with Crippen LogP contribution in [-0.2, 0) is 5.41 Å². The van der Waals surface area contributed by atoms with Crippen LogP contribution in [0, 0.1) is 0 Å². The smallest absolute Gasteiger partial charge is 0.339 e. The molecule has 0 atom stereocenters. The Morgan fingerprint density at radius 2 is 1.62 bits per heavy atom. The first-order valence-corrected chi connectivity index (χ1v) is 9.39. The highest BCUT2D eigenvalue weighted by molar-refractivity contribution is 5.91. The summed E-state index contributed by atoms with van der Waals surface area (Å²) in [7, 11) is 0. The van der Waals surface area contributed by atoms with Gasteiger partial charge in [-0.3, -0.25) is 0 Å². The number of aromatic carboxylic acids is 1. The van der Waals surface area contributed by atoms with Crippen molar-refractivity contribution in [1.82, 2.24) is 0 Å². The van der Waals surface area contributed by atoms with E-state index in [4.69, 9.17) is 9.84 Å². The molecule has 5 rings (SSSR count). The summed E-state index contributed by atoms with van der Waals surface area (Å²) < 4.78 is 5.31. The van der Waals surface area contributed by atoms with Crippen molar-refractivity contribution in [3.8, 4) is 11.5 Å². The Morgan fingerprint density at radius 1 is 0.931 bits per heavy atom. The van der Waals surface area contributed by atoms with E-state index in [-0.39, 0.29) is 16.7 Å². The summed E-state index contributed by atoms with van der Waals surface area (Å²) in [4.78, 5) is 11.1. The second-order valence-corrected chi connectivity index (χ2v) is 7.31. The molecule has 0 aliphatic carbocycles. The molecule has 2 bridgehead atoms. The molecule has 2 aliphatic rings. The van der Waals surface area contributed by atoms with E-state index in [0.717, 1.165) is 16.9 Å². The van der Waals surface area contributed by atoms with Crippen LogP contribution < -0.4 is 4.74 Å². The first-order valence-electron chi connectivity index (χ1n) is 9.39. The molecule has 4 nitrogen and oxygen atoms in total. The third kappa shape index (κ3) is 4.85. The topological polar surface area (TPSA) is 66.8 Å². The molecule has 0 radical (unpaired) electrons. The lowest BCUT2D eigenvalue weighted by atomic mass is 9.77. The van der Waals surface area contributed by atoms with E-state index >= 15 is 0 Å². The second-order valence-electron chi connectivity index (χ2n) is 7.31. The van der Waals surface area contributed by atoms with Gasteiger partial charge in [0.1, 0.15) is 23.7 Å². The molecule has 2 N–H and O–H groups in total. The quantitative estimate of drug-likeness (QED) is 0.621. The van der Waals surface area contributed by atoms with Crippen molar-refractivity contribution in [3.63, 3.8) is 0 Å². The van der Waals surface area contributed by atoms with E-state index < -0.39 is 5.97 Å². The number of carboxylic acid groups (broad SMARTS) is 1. The molecule has 2 aliphatic heterocycles. The lowest BCUT2D eigenvalue weighted by Crippen LogP contribution is -2.19. The van der Waals surface area contributed by atoms with Gasteiger partial charge in [0.15, 0.2) is 0 Å². The van der Waals surface area contributed by atoms with E-state index in [1.54, 1.807) is 6.07 Å². The number of ether oxygens (including phenoxy) is 1. The van der Waals surface area contributed by atoms with Crippen LogP contribution in [0.25, 0.3) is 6.08 Å². The summed E-state index contributed by atoms with van der Waals surface area (Å²) in [6.45, 7) is 4.74. The van der Waals surface area contributed by atoms with Gasteiger partial charge >= 0.3 is 5.97 Å². The van der Waals surface area contributed by atoms with Crippen LogP contribution in [0.2, 0.25) is 0 Å². The Morgan fingerprint density at radius 3 is 2.28 bits per heavy atom. The van der Waals surface area contributed by atoms with E-state index in [0.29, 0.717) is 6.61 Å². The predicted octanol–water partition coefficient (Wildman–Crippen LogP) is 5.51. The Balaban J connectivity index is 0.000000200. The highest BCUT2D eigenvalue weighted by atomic mass is 16.5. The van der Waals surface area contributed by atoms with Gasteiger partial charge in [-0.25, -0.2) is 4.79 Å². The van der Waals surface area contributed by atoms with Gasteiger partial charge in [0.05, 0.1) is 0 Å². The maximum absolute atomic E-state index is 11.1. The van der Waals surface area contributed by atoms with Crippen molar-refractivity contribution in [3.05, 3.63) is 101 Å². The number of benzene rings is 3. The van der Waals surface area contributed by atoms with Crippen molar-refractivity contribution < 1.29 is 19.7 Å². The molecular weight excluding hydrogens is 364 g/mol. The summed E-state index contributed by atoms with van der Waals surface area (Å²) in [5.41, 5.74) is 2.80. The Kier molecular flexibility index (Phi) is 6.03. The number of aromatic hydroxyl groups is 1. The number of carboxylic acids is 1. The Labute approximate surface area is 170 Å². The molecule has 3 aromatic rings. The fourth-order valence-corrected chi connectivity index (χ4v) is 3.12. The van der Waals surface area contributed by atoms with Gasteiger partial charge in [-0.1, -0.05) is 68.5 Å². The fraction of sp³-hybridized carbons (Fsp3) is 0.160. The first kappa shape index (κ1) is 20.2. The van der Waals surface area contributed by atoms with E-state index in [9.17, 15) is 9.90 Å². The third-order valence-electron chi connectivity index (χ3n) is 4.98. The SMILES string of the molecule is C1=Cc2ccc(cc2)OC1.CC(C)(c1ccccc1)c1ccc(O)c(C(=O)O)c1. The van der Waals surface area contributed by atoms with Gasteiger partial charge in [-0.2, -0.15) is 0 Å². The van der Waals surface area contributed by atoms with Crippen LogP contribution >= 0.6 is 0 Å². The molecule has 0 saturated heterocycles. The maximum Gasteiger partial charge on any atom is 0.339 e. The zero-order chi connectivity index (χ0) is 20.9. The molecule has 0 aromatic heterocycles. The third-order valence-corrected chi connectivity index (χ3v) is 4.98. The van der Waals surface area contributed by atoms with Gasteiger partial charge in [-0.05, 0) is 47.0 Å². The minimum atomic E-state index is -1.12. The van der Waals surface area contributed by atoms with Gasteiger partial charge in [-0.15, -0.1) is 0 Å². The summed E-state index contributed by atoms with van der Waals surface area (Å²) in [6.07, 6.45) is 4.07. The van der Waals surface area contributed by atoms with Crippen LogP contribution in [0.5, 0.6) is 11.5 Å². The summed E-state index contributed by atoms with van der Waals surface area (Å²) in [6, 6.07) is 22.7. The van der Waals surface area contributed by atoms with E-state index in [1.807, 2.05) is 74.5 Å². The average Bonchev–Trinajstić information content (AvgIpc) is 2.69. The van der Waals surface area contributed by atoms with Crippen LogP contribution in [-0.4, -0.2) is 22.8 Å². The number of hydrogen-bond donors (Lipinski definition) is 2. The molecule has 29 heavy (non-hydrogen) atoms. The summed E-state index contributed by atoms with van der Waals surface area (Å²) in [5.74, 6) is -0.378. The van der Waals surface area contributed by atoms with Gasteiger partial charge in [0.2, 0.25) is 0 Å². The van der Waals surface area contributed by atoms with E-state index in [2.05, 4.69) is 6.08 Å². The highest BCUT2D eigenvalue weighted by Crippen LogP contribution is 2.33. The molecule has 3 aromatic carbocycles. The van der Waals surface area contributed by atoms with Crippen molar-refractivity contribution >= 4 is 12.0 Å². The first-order chi connectivity index (χ1) is 13.9. The Bertz CT molecular complexity index is 1000. The Hall–Kier alpha value is -3.53. The largest absolute Gasteiger partial charge is 0.507 e. The van der Waals surface area contributed by atoms with Crippen molar-refractivity contribution in [2.24, 2.45) is 0 Å². The standard InChI is InChI=1S/C16H16O3.C9H8O/c1-16(2,11-6-4-3-5-7-11)12-8-9-14(17)13(10-12)15(18)19;1-2-8-3-5-9(6-4-8)10-7-1/h3-10,17H,1-2H3,(H,18,19);1-6H,7H2. The normalized spacial score (nSPS) is 12.2. The number of phenols is 1. The van der Waals surface area contributed by atoms with Crippen LogP contribution in [0.3, 0.4) is 0 Å². The maximum atomic E-state index is 11.1. The van der Waals surface area contributed by atoms with Gasteiger partial charge in [0, 0.05) is 5.41 Å². The lowest BCUT2D eigenvalue weighted by Gasteiger charge is -2.26. The molecule has 0 unspecified atom stereocenters. The minimum absolute atomic E-state index is 0.0680. The molecule has 0 amide bonds. The molecule has 0 fully saturated rings. The molecule has 4 heteroatoms. The lowest BCUT2D eigenvalue weighted by molar-refractivity contribution is 0.0693. The van der Waals surface area contributed by atoms with Gasteiger partial charge < -0.3 is 14.9 Å². The number of hydrogen-bond acceptors (Lipinski definition) is 3. The predicted molar refractivity (Wildman–Crippen MR) is 115 cm³/mol. The molecule has 0 saturated carbocycles. The zero-order valence-corrected chi connectivity index (χ0v) is 16.5. The molecule has 148 valence electrons. The fourth-order valence-electron chi connectivity index (χ4n) is 3.12. The molecular formula is C25H24O4. The number of carbonyl (C=O) groups is 1. The van der Waals surface area contributed by atoms with Crippen LogP contribution in [0.1, 0.15) is 40.9 Å². The number of rotatable bonds is 3. The molecule has 0 spiro atoms. The molecule has 2 heterocycles. The second kappa shape index (κ2) is 8.65. The van der Waals surface area contributed by atoms with Crippen molar-refractivity contribution in [1.29, 1.82) is 0 Å². The van der Waals surface area contributed by atoms with Crippen LogP contribution in [0.15, 0.2) is 78.9 Å². The monoisotopic (exact) mass is 388 g/mol. The van der Waals surface area contributed by atoms with Crippen LogP contribution in [0.4, 0.5) is 0 Å². The average molecular weight is 388 g/mol. The van der Waals surface area contributed by atoms with Crippen molar-refractivity contribution in [2.45, 2.75) is 19.3 Å². The minimum Gasteiger partial charge on any atom is -0.507 e. The zero-order valence-electron chi connectivity index (χ0n) is 16.5. The summed E-state index contributed by atoms with van der Waals surface area (Å²) >= 11 is 0. The number of fused-ring (bicyclic) bond motifs is 4. The van der Waals surface area contributed by atoms with Crippen molar-refractivity contribution in [2.75, 3.05) is 6.61 Å².